The molecule has 14 heavy (non-hydrogen) atoms. The zero-order valence-corrected chi connectivity index (χ0v) is 8.22. The van der Waals surface area contributed by atoms with Gasteiger partial charge in [-0.3, -0.25) is 0 Å². The minimum absolute atomic E-state index is 0.289. The van der Waals surface area contributed by atoms with E-state index in [9.17, 15) is 4.39 Å². The number of ether oxygens (including phenoxy) is 1. The summed E-state index contributed by atoms with van der Waals surface area (Å²) in [5, 5.41) is 2.99. The van der Waals surface area contributed by atoms with Crippen LogP contribution in [-0.4, -0.2) is 13.2 Å². The topological polar surface area (TPSA) is 21.3 Å². The number of halogens is 1. The maximum atomic E-state index is 13.3. The predicted octanol–water partition coefficient (Wildman–Crippen LogP) is 2.82. The molecule has 0 aliphatic rings. The molecule has 0 unspecified atom stereocenters. The third-order valence-corrected chi connectivity index (χ3v) is 1.68. The molecule has 0 saturated carbocycles. The quantitative estimate of drug-likeness (QED) is 0.729. The van der Waals surface area contributed by atoms with Crippen molar-refractivity contribution in [2.75, 3.05) is 18.5 Å². The summed E-state index contributed by atoms with van der Waals surface area (Å²) in [6.07, 6.45) is 1.72. The van der Waals surface area contributed by atoms with Crippen LogP contribution in [0.1, 0.15) is 6.92 Å². The Labute approximate surface area is 83.4 Å². The van der Waals surface area contributed by atoms with E-state index in [0.29, 0.717) is 13.2 Å². The van der Waals surface area contributed by atoms with E-state index in [1.54, 1.807) is 18.2 Å². The van der Waals surface area contributed by atoms with Crippen molar-refractivity contribution in [1.29, 1.82) is 0 Å². The smallest absolute Gasteiger partial charge is 0.167 e. The first-order chi connectivity index (χ1) is 6.77. The van der Waals surface area contributed by atoms with Gasteiger partial charge >= 0.3 is 0 Å². The van der Waals surface area contributed by atoms with Gasteiger partial charge in [-0.1, -0.05) is 6.08 Å². The minimum atomic E-state index is -0.346. The highest BCUT2D eigenvalue weighted by Gasteiger charge is 2.02. The third kappa shape index (κ3) is 2.76. The molecular formula is C11H14FNO. The Morgan fingerprint density at radius 3 is 2.93 bits per heavy atom. The molecule has 0 heterocycles. The summed E-state index contributed by atoms with van der Waals surface area (Å²) in [6.45, 7) is 6.47. The van der Waals surface area contributed by atoms with E-state index >= 15 is 0 Å². The second-order valence-corrected chi connectivity index (χ2v) is 2.75. The summed E-state index contributed by atoms with van der Waals surface area (Å²) in [6, 6.07) is 4.80. The number of benzene rings is 1. The van der Waals surface area contributed by atoms with E-state index < -0.39 is 0 Å². The summed E-state index contributed by atoms with van der Waals surface area (Å²) in [7, 11) is 0. The highest BCUT2D eigenvalue weighted by atomic mass is 19.1. The van der Waals surface area contributed by atoms with Crippen LogP contribution in [0.2, 0.25) is 0 Å². The molecule has 3 heteroatoms. The first kappa shape index (κ1) is 10.6. The highest BCUT2D eigenvalue weighted by molar-refractivity contribution is 5.47. The molecule has 0 spiro atoms. The molecule has 0 atom stereocenters. The van der Waals surface area contributed by atoms with E-state index in [1.807, 2.05) is 6.92 Å². The molecule has 0 aromatic heterocycles. The summed E-state index contributed by atoms with van der Waals surface area (Å²) in [5.41, 5.74) is 0.728. The van der Waals surface area contributed by atoms with E-state index in [0.717, 1.165) is 5.69 Å². The largest absolute Gasteiger partial charge is 0.491 e. The van der Waals surface area contributed by atoms with Crippen molar-refractivity contribution in [1.82, 2.24) is 0 Å². The molecule has 0 saturated heterocycles. The van der Waals surface area contributed by atoms with Gasteiger partial charge in [0.2, 0.25) is 0 Å². The van der Waals surface area contributed by atoms with E-state index in [2.05, 4.69) is 11.9 Å². The zero-order chi connectivity index (χ0) is 10.4. The minimum Gasteiger partial charge on any atom is -0.491 e. The van der Waals surface area contributed by atoms with Gasteiger partial charge in [0.15, 0.2) is 11.6 Å². The third-order valence-electron chi connectivity index (χ3n) is 1.68. The van der Waals surface area contributed by atoms with Crippen molar-refractivity contribution in [3.8, 4) is 5.75 Å². The lowest BCUT2D eigenvalue weighted by molar-refractivity contribution is 0.321. The summed E-state index contributed by atoms with van der Waals surface area (Å²) < 4.78 is 18.3. The number of nitrogens with one attached hydrogen (secondary N) is 1. The average molecular weight is 195 g/mol. The Balaban J connectivity index is 2.72. The maximum Gasteiger partial charge on any atom is 0.167 e. The normalized spacial score (nSPS) is 9.57. The van der Waals surface area contributed by atoms with Crippen molar-refractivity contribution < 1.29 is 9.13 Å². The molecule has 0 aliphatic carbocycles. The van der Waals surface area contributed by atoms with Crippen molar-refractivity contribution >= 4 is 5.69 Å². The number of rotatable bonds is 5. The van der Waals surface area contributed by atoms with Crippen molar-refractivity contribution in [2.24, 2.45) is 0 Å². The summed E-state index contributed by atoms with van der Waals surface area (Å²) in [5.74, 6) is -0.0578. The van der Waals surface area contributed by atoms with Crippen LogP contribution in [0.4, 0.5) is 10.1 Å². The zero-order valence-electron chi connectivity index (χ0n) is 8.22. The molecule has 1 N–H and O–H groups in total. The number of anilines is 1. The van der Waals surface area contributed by atoms with E-state index in [4.69, 9.17) is 4.74 Å². The summed E-state index contributed by atoms with van der Waals surface area (Å²) in [4.78, 5) is 0. The average Bonchev–Trinajstić information content (AvgIpc) is 2.19. The van der Waals surface area contributed by atoms with Crippen LogP contribution < -0.4 is 10.1 Å². The van der Waals surface area contributed by atoms with Gasteiger partial charge in [-0.05, 0) is 19.1 Å². The SMILES string of the molecule is C=CCNc1ccc(OCC)c(F)c1. The van der Waals surface area contributed by atoms with Gasteiger partial charge in [0.25, 0.3) is 0 Å². The Hall–Kier alpha value is -1.51. The Kier molecular flexibility index (Phi) is 3.98. The fraction of sp³-hybridized carbons (Fsp3) is 0.273. The van der Waals surface area contributed by atoms with Crippen molar-refractivity contribution in [2.45, 2.75) is 6.92 Å². The lowest BCUT2D eigenvalue weighted by atomic mass is 10.3. The van der Waals surface area contributed by atoms with Gasteiger partial charge in [-0.25, -0.2) is 4.39 Å². The number of hydrogen-bond donors (Lipinski definition) is 1. The predicted molar refractivity (Wildman–Crippen MR) is 56.3 cm³/mol. The molecule has 76 valence electrons. The molecule has 0 aliphatic heterocycles. The van der Waals surface area contributed by atoms with Gasteiger partial charge in [-0.2, -0.15) is 0 Å². The second-order valence-electron chi connectivity index (χ2n) is 2.75. The van der Waals surface area contributed by atoms with Crippen LogP contribution in [0.15, 0.2) is 30.9 Å². The standard InChI is InChI=1S/C11H14FNO/c1-3-7-13-9-5-6-11(14-4-2)10(12)8-9/h3,5-6,8,13H,1,4,7H2,2H3. The lowest BCUT2D eigenvalue weighted by Gasteiger charge is -2.07. The van der Waals surface area contributed by atoms with Gasteiger partial charge in [0.1, 0.15) is 0 Å². The monoisotopic (exact) mass is 195 g/mol. The molecule has 0 amide bonds. The van der Waals surface area contributed by atoms with Crippen LogP contribution in [0.5, 0.6) is 5.75 Å². The first-order valence-electron chi connectivity index (χ1n) is 4.55. The van der Waals surface area contributed by atoms with Crippen LogP contribution in [0, 0.1) is 5.82 Å². The molecule has 0 fully saturated rings. The second kappa shape index (κ2) is 5.27. The van der Waals surface area contributed by atoms with E-state index in [-0.39, 0.29) is 11.6 Å². The molecule has 0 radical (unpaired) electrons. The van der Waals surface area contributed by atoms with Crippen LogP contribution >= 0.6 is 0 Å². The molecule has 0 bridgehead atoms. The highest BCUT2D eigenvalue weighted by Crippen LogP contribution is 2.20. The molecule has 1 rings (SSSR count). The van der Waals surface area contributed by atoms with E-state index in [1.165, 1.54) is 6.07 Å². The molecule has 1 aromatic rings. The van der Waals surface area contributed by atoms with Gasteiger partial charge in [-0.15, -0.1) is 6.58 Å². The van der Waals surface area contributed by atoms with Crippen LogP contribution in [0.25, 0.3) is 0 Å². The van der Waals surface area contributed by atoms with Gasteiger partial charge < -0.3 is 10.1 Å². The van der Waals surface area contributed by atoms with Crippen molar-refractivity contribution in [3.05, 3.63) is 36.7 Å². The molecular weight excluding hydrogens is 181 g/mol. The van der Waals surface area contributed by atoms with Gasteiger partial charge in [0.05, 0.1) is 6.61 Å². The fourth-order valence-electron chi connectivity index (χ4n) is 1.07. The van der Waals surface area contributed by atoms with Crippen LogP contribution in [0.3, 0.4) is 0 Å². The first-order valence-corrected chi connectivity index (χ1v) is 4.55. The fourth-order valence-corrected chi connectivity index (χ4v) is 1.07. The summed E-state index contributed by atoms with van der Waals surface area (Å²) >= 11 is 0. The Morgan fingerprint density at radius 1 is 1.57 bits per heavy atom. The Bertz CT molecular complexity index is 312. The van der Waals surface area contributed by atoms with Crippen molar-refractivity contribution in [3.63, 3.8) is 0 Å². The number of hydrogen-bond acceptors (Lipinski definition) is 2. The molecule has 2 nitrogen and oxygen atoms in total. The Morgan fingerprint density at radius 2 is 2.36 bits per heavy atom. The van der Waals surface area contributed by atoms with Gasteiger partial charge in [0, 0.05) is 18.3 Å². The molecule has 1 aromatic carbocycles. The maximum absolute atomic E-state index is 13.3. The van der Waals surface area contributed by atoms with Crippen LogP contribution in [-0.2, 0) is 0 Å². The lowest BCUT2D eigenvalue weighted by Crippen LogP contribution is -1.99.